The Morgan fingerprint density at radius 2 is 1.94 bits per heavy atom. The van der Waals surface area contributed by atoms with Crippen molar-refractivity contribution in [1.82, 2.24) is 9.55 Å². The van der Waals surface area contributed by atoms with E-state index >= 15 is 0 Å². The minimum absolute atomic E-state index is 0.00806. The molecule has 0 saturated heterocycles. The number of benzene rings is 1. The van der Waals surface area contributed by atoms with Crippen LogP contribution in [0.4, 0.5) is 0 Å². The largest absolute Gasteiger partial charge is 0.504 e. The van der Waals surface area contributed by atoms with E-state index in [4.69, 9.17) is 0 Å². The Morgan fingerprint density at radius 1 is 1.19 bits per heavy atom. The molecule has 0 radical (unpaired) electrons. The Morgan fingerprint density at radius 3 is 2.75 bits per heavy atom. The lowest BCUT2D eigenvalue weighted by molar-refractivity contribution is 0.0970. The van der Waals surface area contributed by atoms with Crippen LogP contribution in [-0.4, -0.2) is 20.6 Å². The number of carbonyl (C=O) groups is 1. The zero-order chi connectivity index (χ0) is 11.3. The molecule has 0 spiro atoms. The summed E-state index contributed by atoms with van der Waals surface area (Å²) in [5.74, 6) is -0.822. The van der Waals surface area contributed by atoms with Gasteiger partial charge in [0.25, 0.3) is 11.5 Å². The second-order valence-electron chi connectivity index (χ2n) is 3.46. The van der Waals surface area contributed by atoms with Crippen LogP contribution in [0, 0.1) is 0 Å². The van der Waals surface area contributed by atoms with E-state index in [-0.39, 0.29) is 11.6 Å². The predicted octanol–water partition coefficient (Wildman–Crippen LogP) is 0.949. The highest BCUT2D eigenvalue weighted by molar-refractivity contribution is 6.02. The maximum Gasteiger partial charge on any atom is 0.268 e. The molecule has 5 nitrogen and oxygen atoms in total. The van der Waals surface area contributed by atoms with E-state index in [0.717, 1.165) is 10.6 Å². The SMILES string of the molecule is O=C1C=C(O)c2nc3ccccc3c(=O)n21. The first kappa shape index (κ1) is 8.84. The highest BCUT2D eigenvalue weighted by Crippen LogP contribution is 2.17. The first-order valence-electron chi connectivity index (χ1n) is 4.65. The predicted molar refractivity (Wildman–Crippen MR) is 57.2 cm³/mol. The fourth-order valence-electron chi connectivity index (χ4n) is 1.76. The maximum absolute atomic E-state index is 11.9. The summed E-state index contributed by atoms with van der Waals surface area (Å²) >= 11 is 0. The third kappa shape index (κ3) is 0.967. The molecule has 1 N–H and O–H groups in total. The van der Waals surface area contributed by atoms with Crippen molar-refractivity contribution in [2.24, 2.45) is 0 Å². The van der Waals surface area contributed by atoms with E-state index in [1.165, 1.54) is 0 Å². The third-order valence-corrected chi connectivity index (χ3v) is 2.49. The quantitative estimate of drug-likeness (QED) is 0.708. The van der Waals surface area contributed by atoms with Crippen molar-refractivity contribution in [3.8, 4) is 0 Å². The minimum Gasteiger partial charge on any atom is -0.504 e. The molecule has 0 amide bonds. The Hall–Kier alpha value is -2.43. The van der Waals surface area contributed by atoms with Gasteiger partial charge < -0.3 is 5.11 Å². The zero-order valence-corrected chi connectivity index (χ0v) is 8.04. The highest BCUT2D eigenvalue weighted by atomic mass is 16.3. The summed E-state index contributed by atoms with van der Waals surface area (Å²) in [6.07, 6.45) is 0.989. The molecule has 1 aromatic heterocycles. The lowest BCUT2D eigenvalue weighted by atomic mass is 10.2. The second kappa shape index (κ2) is 2.79. The summed E-state index contributed by atoms with van der Waals surface area (Å²) in [4.78, 5) is 27.4. The molecule has 0 saturated carbocycles. The molecule has 5 heteroatoms. The molecule has 0 atom stereocenters. The molecule has 2 heterocycles. The van der Waals surface area contributed by atoms with E-state index in [1.807, 2.05) is 0 Å². The van der Waals surface area contributed by atoms with Crippen molar-refractivity contribution < 1.29 is 9.90 Å². The number of carbonyl (C=O) groups excluding carboxylic acids is 1. The summed E-state index contributed by atoms with van der Waals surface area (Å²) in [5.41, 5.74) is 0.0132. The molecule has 1 aliphatic rings. The standard InChI is InChI=1S/C11H6N2O3/c14-8-5-9(15)13-10(8)12-7-4-2-1-3-6(7)11(13)16/h1-5,14H. The maximum atomic E-state index is 11.9. The van der Waals surface area contributed by atoms with E-state index < -0.39 is 11.5 Å². The van der Waals surface area contributed by atoms with Gasteiger partial charge >= 0.3 is 0 Å². The monoisotopic (exact) mass is 214 g/mol. The summed E-state index contributed by atoms with van der Waals surface area (Å²) < 4.78 is 0.873. The first-order valence-corrected chi connectivity index (χ1v) is 4.65. The van der Waals surface area contributed by atoms with Crippen LogP contribution in [-0.2, 0) is 0 Å². The van der Waals surface area contributed by atoms with Crippen molar-refractivity contribution in [2.45, 2.75) is 0 Å². The topological polar surface area (TPSA) is 72.2 Å². The van der Waals surface area contributed by atoms with Gasteiger partial charge in [-0.3, -0.25) is 9.59 Å². The number of aromatic nitrogens is 2. The van der Waals surface area contributed by atoms with Gasteiger partial charge in [-0.1, -0.05) is 12.1 Å². The average molecular weight is 214 g/mol. The van der Waals surface area contributed by atoms with Gasteiger partial charge in [0.1, 0.15) is 0 Å². The average Bonchev–Trinajstić information content (AvgIpc) is 2.55. The number of fused-ring (bicyclic) bond motifs is 2. The lowest BCUT2D eigenvalue weighted by Gasteiger charge is -2.03. The molecular formula is C11H6N2O3. The summed E-state index contributed by atoms with van der Waals surface area (Å²) in [5, 5.41) is 9.82. The van der Waals surface area contributed by atoms with Crippen molar-refractivity contribution in [3.05, 3.63) is 46.5 Å². The minimum atomic E-state index is -0.559. The molecule has 78 valence electrons. The van der Waals surface area contributed by atoms with Crippen molar-refractivity contribution in [1.29, 1.82) is 0 Å². The van der Waals surface area contributed by atoms with Gasteiger partial charge in [-0.25, -0.2) is 9.55 Å². The second-order valence-corrected chi connectivity index (χ2v) is 3.46. The normalized spacial score (nSPS) is 14.0. The number of allylic oxidation sites excluding steroid dienone is 1. The Kier molecular flexibility index (Phi) is 1.54. The molecule has 0 fully saturated rings. The van der Waals surface area contributed by atoms with Crippen LogP contribution in [0.3, 0.4) is 0 Å². The number of aliphatic hydroxyl groups excluding tert-OH is 1. The van der Waals surface area contributed by atoms with Crippen LogP contribution in [0.1, 0.15) is 10.6 Å². The van der Waals surface area contributed by atoms with Crippen LogP contribution < -0.4 is 5.56 Å². The number of para-hydroxylation sites is 1. The van der Waals surface area contributed by atoms with Gasteiger partial charge in [-0.2, -0.15) is 0 Å². The van der Waals surface area contributed by atoms with Gasteiger partial charge in [0.2, 0.25) is 0 Å². The number of hydrogen-bond acceptors (Lipinski definition) is 4. The first-order chi connectivity index (χ1) is 7.68. The van der Waals surface area contributed by atoms with Crippen LogP contribution in [0.25, 0.3) is 16.7 Å². The third-order valence-electron chi connectivity index (χ3n) is 2.49. The summed E-state index contributed by atoms with van der Waals surface area (Å²) in [7, 11) is 0. The molecule has 0 aliphatic carbocycles. The molecule has 2 aromatic rings. The van der Waals surface area contributed by atoms with Crippen molar-refractivity contribution >= 4 is 22.6 Å². The summed E-state index contributed by atoms with van der Waals surface area (Å²) in [6.45, 7) is 0. The van der Waals surface area contributed by atoms with Gasteiger partial charge in [-0.15, -0.1) is 0 Å². The van der Waals surface area contributed by atoms with E-state index in [9.17, 15) is 14.7 Å². The Balaban J connectivity index is 2.54. The molecule has 1 aliphatic heterocycles. The van der Waals surface area contributed by atoms with Crippen LogP contribution in [0.5, 0.6) is 0 Å². The van der Waals surface area contributed by atoms with Gasteiger partial charge in [-0.05, 0) is 12.1 Å². The highest BCUT2D eigenvalue weighted by Gasteiger charge is 2.24. The number of hydrogen-bond donors (Lipinski definition) is 1. The fourth-order valence-corrected chi connectivity index (χ4v) is 1.76. The van der Waals surface area contributed by atoms with Gasteiger partial charge in [0.05, 0.1) is 10.9 Å². The van der Waals surface area contributed by atoms with Crippen molar-refractivity contribution in [3.63, 3.8) is 0 Å². The van der Waals surface area contributed by atoms with Crippen molar-refractivity contribution in [2.75, 3.05) is 0 Å². The Bertz CT molecular complexity index is 713. The smallest absolute Gasteiger partial charge is 0.268 e. The number of aliphatic hydroxyl groups is 1. The lowest BCUT2D eigenvalue weighted by Crippen LogP contribution is -2.26. The molecule has 0 unspecified atom stereocenters. The van der Waals surface area contributed by atoms with Crippen LogP contribution in [0.15, 0.2) is 35.1 Å². The summed E-state index contributed by atoms with van der Waals surface area (Å²) in [6, 6.07) is 6.70. The van der Waals surface area contributed by atoms with E-state index in [1.54, 1.807) is 24.3 Å². The molecule has 0 bridgehead atoms. The zero-order valence-electron chi connectivity index (χ0n) is 8.04. The molecule has 16 heavy (non-hydrogen) atoms. The van der Waals surface area contributed by atoms with Gasteiger partial charge in [0.15, 0.2) is 11.6 Å². The molecular weight excluding hydrogens is 208 g/mol. The Labute approximate surface area is 89.3 Å². The van der Waals surface area contributed by atoms with Gasteiger partial charge in [0, 0.05) is 6.08 Å². The number of rotatable bonds is 0. The molecule has 1 aromatic carbocycles. The number of nitrogens with zero attached hydrogens (tertiary/aromatic N) is 2. The van der Waals surface area contributed by atoms with E-state index in [0.29, 0.717) is 10.9 Å². The fraction of sp³-hybridized carbons (Fsp3) is 0. The van der Waals surface area contributed by atoms with E-state index in [2.05, 4.69) is 4.98 Å². The molecule has 3 rings (SSSR count). The van der Waals surface area contributed by atoms with Crippen LogP contribution >= 0.6 is 0 Å². The van der Waals surface area contributed by atoms with Crippen LogP contribution in [0.2, 0.25) is 0 Å².